The van der Waals surface area contributed by atoms with Gasteiger partial charge in [0, 0.05) is 23.8 Å². The Labute approximate surface area is 102 Å². The average molecular weight is 232 g/mol. The molecule has 0 bridgehead atoms. The minimum absolute atomic E-state index is 0.00328. The summed E-state index contributed by atoms with van der Waals surface area (Å²) in [6.07, 6.45) is 6.16. The second kappa shape index (κ2) is 5.32. The summed E-state index contributed by atoms with van der Waals surface area (Å²) in [7, 11) is 0. The molecule has 3 heteroatoms. The Morgan fingerprint density at radius 3 is 3.24 bits per heavy atom. The van der Waals surface area contributed by atoms with Gasteiger partial charge in [-0.1, -0.05) is 12.1 Å². The Morgan fingerprint density at radius 1 is 1.65 bits per heavy atom. The maximum absolute atomic E-state index is 11.3. The molecule has 0 fully saturated rings. The fourth-order valence-electron chi connectivity index (χ4n) is 2.53. The first-order chi connectivity index (χ1) is 8.20. The molecule has 2 unspecified atom stereocenters. The minimum Gasteiger partial charge on any atom is -0.326 e. The second-order valence-electron chi connectivity index (χ2n) is 4.79. The molecule has 0 aliphatic heterocycles. The van der Waals surface area contributed by atoms with E-state index in [-0.39, 0.29) is 5.56 Å². The van der Waals surface area contributed by atoms with Crippen LogP contribution in [0.2, 0.25) is 0 Å². The van der Waals surface area contributed by atoms with Gasteiger partial charge in [-0.2, -0.15) is 0 Å². The van der Waals surface area contributed by atoms with Gasteiger partial charge in [-0.25, -0.2) is 0 Å². The smallest absolute Gasteiger partial charge is 0.248 e. The summed E-state index contributed by atoms with van der Waals surface area (Å²) in [5.74, 6) is 0. The monoisotopic (exact) mass is 232 g/mol. The second-order valence-corrected chi connectivity index (χ2v) is 4.79. The third-order valence-electron chi connectivity index (χ3n) is 3.34. The van der Waals surface area contributed by atoms with Crippen molar-refractivity contribution in [1.29, 1.82) is 0 Å². The Balaban J connectivity index is 2.17. The summed E-state index contributed by atoms with van der Waals surface area (Å²) in [6.45, 7) is 5.93. The Bertz CT molecular complexity index is 450. The Hall–Kier alpha value is -1.35. The van der Waals surface area contributed by atoms with Crippen LogP contribution < -0.4 is 10.9 Å². The molecule has 1 aromatic rings. The van der Waals surface area contributed by atoms with Gasteiger partial charge in [0.1, 0.15) is 0 Å². The molecule has 0 amide bonds. The van der Waals surface area contributed by atoms with Crippen LogP contribution in [0.15, 0.2) is 29.6 Å². The van der Waals surface area contributed by atoms with E-state index in [2.05, 4.69) is 23.8 Å². The van der Waals surface area contributed by atoms with Gasteiger partial charge in [-0.3, -0.25) is 4.79 Å². The lowest BCUT2D eigenvalue weighted by molar-refractivity contribution is 0.406. The number of rotatable bonds is 4. The van der Waals surface area contributed by atoms with E-state index < -0.39 is 0 Å². The minimum atomic E-state index is 0.00328. The van der Waals surface area contributed by atoms with Gasteiger partial charge in [0.2, 0.25) is 5.56 Å². The first-order valence-electron chi connectivity index (χ1n) is 6.29. The van der Waals surface area contributed by atoms with Crippen LogP contribution in [0, 0.1) is 0 Å². The van der Waals surface area contributed by atoms with Crippen LogP contribution in [0.5, 0.6) is 0 Å². The maximum Gasteiger partial charge on any atom is 0.248 e. The summed E-state index contributed by atoms with van der Waals surface area (Å²) in [5, 5.41) is 3.60. The number of aryl methyl sites for hydroxylation is 1. The van der Waals surface area contributed by atoms with Crippen molar-refractivity contribution in [2.75, 3.05) is 0 Å². The summed E-state index contributed by atoms with van der Waals surface area (Å²) in [6, 6.07) is 4.38. The number of pyridine rings is 1. The lowest BCUT2D eigenvalue weighted by atomic mass is 9.90. The van der Waals surface area contributed by atoms with E-state index in [4.69, 9.17) is 0 Å². The van der Waals surface area contributed by atoms with Crippen molar-refractivity contribution in [1.82, 2.24) is 10.3 Å². The van der Waals surface area contributed by atoms with Crippen molar-refractivity contribution in [3.05, 3.63) is 46.4 Å². The number of hydrogen-bond acceptors (Lipinski definition) is 2. The number of aromatic nitrogens is 1. The zero-order valence-electron chi connectivity index (χ0n) is 10.3. The number of aromatic amines is 1. The first kappa shape index (κ1) is 12.1. The summed E-state index contributed by atoms with van der Waals surface area (Å²) >= 11 is 0. The predicted molar refractivity (Wildman–Crippen MR) is 70.2 cm³/mol. The van der Waals surface area contributed by atoms with Crippen molar-refractivity contribution in [3.63, 3.8) is 0 Å². The highest BCUT2D eigenvalue weighted by Crippen LogP contribution is 2.27. The number of fused-ring (bicyclic) bond motifs is 1. The molecule has 2 rings (SSSR count). The van der Waals surface area contributed by atoms with E-state index in [1.165, 1.54) is 5.56 Å². The van der Waals surface area contributed by atoms with Crippen molar-refractivity contribution in [3.8, 4) is 0 Å². The molecule has 0 spiro atoms. The van der Waals surface area contributed by atoms with Crippen LogP contribution in [-0.4, -0.2) is 11.0 Å². The third-order valence-corrected chi connectivity index (χ3v) is 3.34. The fourth-order valence-corrected chi connectivity index (χ4v) is 2.53. The van der Waals surface area contributed by atoms with Gasteiger partial charge in [-0.15, -0.1) is 6.58 Å². The van der Waals surface area contributed by atoms with E-state index in [9.17, 15) is 4.79 Å². The Morgan fingerprint density at radius 2 is 2.47 bits per heavy atom. The Kier molecular flexibility index (Phi) is 3.79. The topological polar surface area (TPSA) is 44.9 Å². The molecule has 0 saturated heterocycles. The van der Waals surface area contributed by atoms with Crippen LogP contribution >= 0.6 is 0 Å². The summed E-state index contributed by atoms with van der Waals surface area (Å²) in [4.78, 5) is 14.2. The molecular formula is C14H20N2O. The highest BCUT2D eigenvalue weighted by atomic mass is 16.1. The molecule has 0 saturated carbocycles. The fraction of sp³-hybridized carbons (Fsp3) is 0.500. The van der Waals surface area contributed by atoms with E-state index in [0.717, 1.165) is 31.4 Å². The lowest BCUT2D eigenvalue weighted by Crippen LogP contribution is -2.33. The third kappa shape index (κ3) is 2.86. The lowest BCUT2D eigenvalue weighted by Gasteiger charge is -2.28. The van der Waals surface area contributed by atoms with Gasteiger partial charge in [-0.05, 0) is 38.2 Å². The molecule has 3 nitrogen and oxygen atoms in total. The summed E-state index contributed by atoms with van der Waals surface area (Å²) in [5.41, 5.74) is 2.36. The van der Waals surface area contributed by atoms with Gasteiger partial charge in [0.15, 0.2) is 0 Å². The van der Waals surface area contributed by atoms with Crippen LogP contribution in [-0.2, 0) is 6.42 Å². The van der Waals surface area contributed by atoms with E-state index in [1.54, 1.807) is 6.07 Å². The van der Waals surface area contributed by atoms with E-state index in [0.29, 0.717) is 12.1 Å². The molecule has 1 aliphatic rings. The number of nitrogens with one attached hydrogen (secondary N) is 2. The van der Waals surface area contributed by atoms with Gasteiger partial charge in [0.05, 0.1) is 0 Å². The van der Waals surface area contributed by atoms with Crippen molar-refractivity contribution < 1.29 is 0 Å². The van der Waals surface area contributed by atoms with Crippen molar-refractivity contribution in [2.24, 2.45) is 0 Å². The molecule has 1 aliphatic carbocycles. The van der Waals surface area contributed by atoms with Crippen LogP contribution in [0.4, 0.5) is 0 Å². The van der Waals surface area contributed by atoms with Gasteiger partial charge in [0.25, 0.3) is 0 Å². The van der Waals surface area contributed by atoms with Gasteiger partial charge < -0.3 is 10.3 Å². The summed E-state index contributed by atoms with van der Waals surface area (Å²) < 4.78 is 0. The zero-order valence-corrected chi connectivity index (χ0v) is 10.3. The van der Waals surface area contributed by atoms with E-state index in [1.807, 2.05) is 12.1 Å². The first-order valence-corrected chi connectivity index (χ1v) is 6.29. The van der Waals surface area contributed by atoms with Crippen LogP contribution in [0.25, 0.3) is 0 Å². The highest BCUT2D eigenvalue weighted by Gasteiger charge is 2.21. The molecule has 0 aromatic carbocycles. The normalized spacial score (nSPS) is 20.6. The molecule has 17 heavy (non-hydrogen) atoms. The quantitative estimate of drug-likeness (QED) is 0.782. The number of H-pyrrole nitrogens is 1. The van der Waals surface area contributed by atoms with Crippen molar-refractivity contribution in [2.45, 2.75) is 44.7 Å². The predicted octanol–water partition coefficient (Wildman–Crippen LogP) is 2.31. The standard InChI is InChI=1S/C14H20N2O/c1-3-5-10(2)15-12-6-4-7-13-11(12)8-9-14(17)16-13/h3,8-10,12,15H,1,4-7H2,2H3,(H,16,17). The van der Waals surface area contributed by atoms with Crippen LogP contribution in [0.3, 0.4) is 0 Å². The largest absolute Gasteiger partial charge is 0.326 e. The molecule has 2 N–H and O–H groups in total. The molecule has 2 atom stereocenters. The molecule has 1 heterocycles. The van der Waals surface area contributed by atoms with Crippen molar-refractivity contribution >= 4 is 0 Å². The SMILES string of the molecule is C=CCC(C)NC1CCCc2[nH]c(=O)ccc21. The molecular weight excluding hydrogens is 212 g/mol. The number of hydrogen-bond donors (Lipinski definition) is 2. The van der Waals surface area contributed by atoms with Crippen LogP contribution in [0.1, 0.15) is 43.5 Å². The molecule has 92 valence electrons. The average Bonchev–Trinajstić information content (AvgIpc) is 2.29. The van der Waals surface area contributed by atoms with Gasteiger partial charge >= 0.3 is 0 Å². The van der Waals surface area contributed by atoms with E-state index >= 15 is 0 Å². The molecule has 0 radical (unpaired) electrons. The zero-order chi connectivity index (χ0) is 12.3. The molecule has 1 aromatic heterocycles. The highest BCUT2D eigenvalue weighted by molar-refractivity contribution is 5.26. The maximum atomic E-state index is 11.3.